The molecule has 1 rings (SSSR count). The highest BCUT2D eigenvalue weighted by Crippen LogP contribution is 2.18. The van der Waals surface area contributed by atoms with Gasteiger partial charge in [0.05, 0.1) is 7.11 Å². The van der Waals surface area contributed by atoms with Crippen molar-refractivity contribution in [2.75, 3.05) is 7.11 Å². The normalized spacial score (nSPS) is 13.9. The fourth-order valence-electron chi connectivity index (χ4n) is 2.91. The maximum atomic E-state index is 12.2. The van der Waals surface area contributed by atoms with Crippen LogP contribution in [-0.4, -0.2) is 37.0 Å². The summed E-state index contributed by atoms with van der Waals surface area (Å²) in [6, 6.07) is 7.06. The molecule has 1 amide bonds. The Hall–Kier alpha value is -2.63. The van der Waals surface area contributed by atoms with E-state index in [0.717, 1.165) is 24.0 Å². The smallest absolute Gasteiger partial charge is 0.408 e. The number of allylic oxidation sites excluding steroid dienone is 2. The Kier molecular flexibility index (Phi) is 9.59. The van der Waals surface area contributed by atoms with Crippen LogP contribution in [0.15, 0.2) is 35.9 Å². The first-order chi connectivity index (χ1) is 13.6. The molecule has 0 heterocycles. The number of carbonyl (C=O) groups is 2. The topological polar surface area (TPSA) is 88.5 Å². The molecule has 1 unspecified atom stereocenters. The third kappa shape index (κ3) is 8.94. The van der Waals surface area contributed by atoms with E-state index in [2.05, 4.69) is 18.3 Å². The highest BCUT2D eigenvalue weighted by molar-refractivity contribution is 5.81. The second-order valence-electron chi connectivity index (χ2n) is 8.07. The SMILES string of the molecule is CC/C=C(/Cc1cccc(C[C@H](NC(=O)OC(C)(C)C)C(=O)OC)c1)C(C)C=N. The van der Waals surface area contributed by atoms with Crippen LogP contribution < -0.4 is 5.32 Å². The number of methoxy groups -OCH3 is 1. The van der Waals surface area contributed by atoms with Crippen molar-refractivity contribution in [3.63, 3.8) is 0 Å². The van der Waals surface area contributed by atoms with Crippen molar-refractivity contribution in [3.05, 3.63) is 47.0 Å². The Morgan fingerprint density at radius 2 is 1.90 bits per heavy atom. The van der Waals surface area contributed by atoms with Gasteiger partial charge in [-0.2, -0.15) is 0 Å². The van der Waals surface area contributed by atoms with E-state index >= 15 is 0 Å². The van der Waals surface area contributed by atoms with Gasteiger partial charge in [0, 0.05) is 18.6 Å². The zero-order valence-electron chi connectivity index (χ0n) is 18.4. The minimum absolute atomic E-state index is 0.0789. The molecule has 0 fully saturated rings. The lowest BCUT2D eigenvalue weighted by Crippen LogP contribution is -2.45. The molecule has 6 heteroatoms. The van der Waals surface area contributed by atoms with Gasteiger partial charge in [0.15, 0.2) is 0 Å². The molecule has 0 aliphatic carbocycles. The van der Waals surface area contributed by atoms with Gasteiger partial charge in [0.1, 0.15) is 11.6 Å². The molecular formula is C23H34N2O4. The highest BCUT2D eigenvalue weighted by Gasteiger charge is 2.25. The molecule has 0 saturated carbocycles. The van der Waals surface area contributed by atoms with E-state index in [1.165, 1.54) is 18.9 Å². The lowest BCUT2D eigenvalue weighted by atomic mass is 9.93. The third-order valence-electron chi connectivity index (χ3n) is 4.32. The Morgan fingerprint density at radius 3 is 2.45 bits per heavy atom. The van der Waals surface area contributed by atoms with Crippen LogP contribution in [0, 0.1) is 11.3 Å². The first-order valence-corrected chi connectivity index (χ1v) is 9.94. The van der Waals surface area contributed by atoms with E-state index in [9.17, 15) is 9.59 Å². The minimum Gasteiger partial charge on any atom is -0.467 e. The van der Waals surface area contributed by atoms with Gasteiger partial charge >= 0.3 is 12.1 Å². The number of hydrogen-bond donors (Lipinski definition) is 2. The van der Waals surface area contributed by atoms with Crippen molar-refractivity contribution < 1.29 is 19.1 Å². The van der Waals surface area contributed by atoms with Crippen molar-refractivity contribution in [2.24, 2.45) is 5.92 Å². The Bertz CT molecular complexity index is 735. The van der Waals surface area contributed by atoms with Crippen LogP contribution in [0.2, 0.25) is 0 Å². The Balaban J connectivity index is 2.96. The number of carbonyl (C=O) groups excluding carboxylic acids is 2. The summed E-state index contributed by atoms with van der Waals surface area (Å²) in [5, 5.41) is 10.1. The average Bonchev–Trinajstić information content (AvgIpc) is 2.64. The summed E-state index contributed by atoms with van der Waals surface area (Å²) < 4.78 is 10.1. The molecule has 2 atom stereocenters. The van der Waals surface area contributed by atoms with Gasteiger partial charge in [-0.25, -0.2) is 9.59 Å². The van der Waals surface area contributed by atoms with Crippen molar-refractivity contribution >= 4 is 18.3 Å². The number of rotatable bonds is 9. The van der Waals surface area contributed by atoms with Crippen LogP contribution in [-0.2, 0) is 27.1 Å². The van der Waals surface area contributed by atoms with Crippen LogP contribution in [0.25, 0.3) is 0 Å². The summed E-state index contributed by atoms with van der Waals surface area (Å²) in [5.74, 6) is -0.444. The molecule has 1 aromatic rings. The minimum atomic E-state index is -0.837. The van der Waals surface area contributed by atoms with Gasteiger partial charge in [-0.3, -0.25) is 0 Å². The van der Waals surface area contributed by atoms with Crippen molar-refractivity contribution in [2.45, 2.75) is 65.5 Å². The van der Waals surface area contributed by atoms with Crippen molar-refractivity contribution in [3.8, 4) is 0 Å². The molecule has 0 saturated heterocycles. The molecule has 0 aliphatic rings. The monoisotopic (exact) mass is 402 g/mol. The molecule has 29 heavy (non-hydrogen) atoms. The van der Waals surface area contributed by atoms with Gasteiger partial charge < -0.3 is 20.2 Å². The van der Waals surface area contributed by atoms with E-state index in [4.69, 9.17) is 14.9 Å². The van der Waals surface area contributed by atoms with E-state index in [0.29, 0.717) is 6.42 Å². The number of nitrogens with one attached hydrogen (secondary N) is 2. The van der Waals surface area contributed by atoms with Crippen LogP contribution in [0.1, 0.15) is 52.2 Å². The zero-order valence-corrected chi connectivity index (χ0v) is 18.4. The third-order valence-corrected chi connectivity index (χ3v) is 4.32. The predicted octanol–water partition coefficient (Wildman–Crippen LogP) is 4.46. The average molecular weight is 403 g/mol. The molecule has 0 aromatic heterocycles. The lowest BCUT2D eigenvalue weighted by Gasteiger charge is -2.22. The van der Waals surface area contributed by atoms with Crippen molar-refractivity contribution in [1.82, 2.24) is 5.32 Å². The van der Waals surface area contributed by atoms with E-state index < -0.39 is 23.7 Å². The van der Waals surface area contributed by atoms with Gasteiger partial charge in [-0.1, -0.05) is 49.8 Å². The zero-order chi connectivity index (χ0) is 22.0. The highest BCUT2D eigenvalue weighted by atomic mass is 16.6. The summed E-state index contributed by atoms with van der Waals surface area (Å²) in [7, 11) is 1.29. The summed E-state index contributed by atoms with van der Waals surface area (Å²) in [6.07, 6.45) is 4.90. The van der Waals surface area contributed by atoms with Gasteiger partial charge in [-0.15, -0.1) is 0 Å². The number of alkyl carbamates (subject to hydrolysis) is 1. The molecule has 1 aromatic carbocycles. The standard InChI is InChI=1S/C23H34N2O4/c1-7-9-19(16(2)15-24)13-17-10-8-11-18(12-17)14-20(21(26)28-6)25-22(27)29-23(3,4)5/h8-12,15-16,20,24H,7,13-14H2,1-6H3,(H,25,27)/b19-9-,24-15?/t16?,20-/m0/s1. The molecule has 160 valence electrons. The fourth-order valence-corrected chi connectivity index (χ4v) is 2.91. The van der Waals surface area contributed by atoms with Gasteiger partial charge in [-0.05, 0) is 44.7 Å². The molecule has 0 aliphatic heterocycles. The lowest BCUT2D eigenvalue weighted by molar-refractivity contribution is -0.143. The Morgan fingerprint density at radius 1 is 1.24 bits per heavy atom. The quantitative estimate of drug-likeness (QED) is 0.363. The first-order valence-electron chi connectivity index (χ1n) is 9.94. The number of esters is 1. The molecular weight excluding hydrogens is 368 g/mol. The number of hydrogen-bond acceptors (Lipinski definition) is 5. The molecule has 0 bridgehead atoms. The summed E-state index contributed by atoms with van der Waals surface area (Å²) in [5.41, 5.74) is 2.54. The maximum absolute atomic E-state index is 12.2. The van der Waals surface area contributed by atoms with E-state index in [-0.39, 0.29) is 5.92 Å². The molecule has 2 N–H and O–H groups in total. The molecule has 6 nitrogen and oxygen atoms in total. The van der Waals surface area contributed by atoms with Crippen LogP contribution in [0.4, 0.5) is 4.79 Å². The summed E-state index contributed by atoms with van der Waals surface area (Å²) in [6.45, 7) is 9.38. The number of ether oxygens (including phenoxy) is 2. The predicted molar refractivity (Wildman–Crippen MR) is 115 cm³/mol. The van der Waals surface area contributed by atoms with Gasteiger partial charge in [0.25, 0.3) is 0 Å². The molecule has 0 spiro atoms. The second-order valence-corrected chi connectivity index (χ2v) is 8.07. The Labute approximate surface area is 174 Å². The largest absolute Gasteiger partial charge is 0.467 e. The second kappa shape index (κ2) is 11.4. The van der Waals surface area contributed by atoms with E-state index in [1.54, 1.807) is 20.8 Å². The van der Waals surface area contributed by atoms with Crippen LogP contribution >= 0.6 is 0 Å². The first kappa shape index (κ1) is 24.4. The number of amides is 1. The maximum Gasteiger partial charge on any atom is 0.408 e. The van der Waals surface area contributed by atoms with Crippen molar-refractivity contribution in [1.29, 1.82) is 5.41 Å². The summed E-state index contributed by atoms with van der Waals surface area (Å²) >= 11 is 0. The van der Waals surface area contributed by atoms with Crippen LogP contribution in [0.3, 0.4) is 0 Å². The van der Waals surface area contributed by atoms with Gasteiger partial charge in [0.2, 0.25) is 0 Å². The molecule has 0 radical (unpaired) electrons. The fraction of sp³-hybridized carbons (Fsp3) is 0.522. The summed E-state index contributed by atoms with van der Waals surface area (Å²) in [4.78, 5) is 24.3. The van der Waals surface area contributed by atoms with E-state index in [1.807, 2.05) is 31.2 Å². The number of benzene rings is 1. The van der Waals surface area contributed by atoms with Crippen LogP contribution in [0.5, 0.6) is 0 Å².